The Bertz CT molecular complexity index is 852. The Kier molecular flexibility index (Phi) is 8.42. The van der Waals surface area contributed by atoms with Crippen LogP contribution in [-0.2, 0) is 0 Å². The highest BCUT2D eigenvalue weighted by Crippen LogP contribution is 2.26. The zero-order chi connectivity index (χ0) is 20.9. The molecule has 0 radical (unpaired) electrons. The predicted molar refractivity (Wildman–Crippen MR) is 130 cm³/mol. The van der Waals surface area contributed by atoms with Crippen LogP contribution in [0.5, 0.6) is 0 Å². The van der Waals surface area contributed by atoms with E-state index < -0.39 is 0 Å². The first-order valence-electron chi connectivity index (χ1n) is 10.7. The summed E-state index contributed by atoms with van der Waals surface area (Å²) in [6.07, 6.45) is 4.00. The Morgan fingerprint density at radius 1 is 1.10 bits per heavy atom. The van der Waals surface area contributed by atoms with Crippen molar-refractivity contribution in [2.45, 2.75) is 25.8 Å². The largest absolute Gasteiger partial charge is 0.465 e. The maximum atomic E-state index is 12.5. The first-order valence-corrected chi connectivity index (χ1v) is 10.7. The molecule has 0 spiro atoms. The number of carbonyl (C=O) groups is 1. The molecule has 1 amide bonds. The quantitative estimate of drug-likeness (QED) is 0.357. The summed E-state index contributed by atoms with van der Waals surface area (Å²) in [7, 11) is 1.81. The number of piperazine rings is 1. The third kappa shape index (κ3) is 5.62. The van der Waals surface area contributed by atoms with Gasteiger partial charge in [0.2, 0.25) is 0 Å². The van der Waals surface area contributed by atoms with Gasteiger partial charge in [-0.05, 0) is 57.1 Å². The average Bonchev–Trinajstić information content (AvgIpc) is 3.54. The van der Waals surface area contributed by atoms with Crippen molar-refractivity contribution in [3.05, 3.63) is 47.8 Å². The van der Waals surface area contributed by atoms with Crippen molar-refractivity contribution in [2.75, 3.05) is 52.9 Å². The van der Waals surface area contributed by atoms with E-state index in [2.05, 4.69) is 26.2 Å². The summed E-state index contributed by atoms with van der Waals surface area (Å²) >= 11 is 0. The number of hydrogen-bond acceptors (Lipinski definition) is 5. The zero-order valence-corrected chi connectivity index (χ0v) is 20.6. The normalized spacial score (nSPS) is 18.7. The summed E-state index contributed by atoms with van der Waals surface area (Å²) in [5.41, 5.74) is 0. The Labute approximate surface area is 200 Å². The van der Waals surface area contributed by atoms with E-state index in [9.17, 15) is 4.79 Å². The molecule has 2 aliphatic rings. The third-order valence-electron chi connectivity index (χ3n) is 5.93. The van der Waals surface area contributed by atoms with Crippen LogP contribution in [0.25, 0.3) is 0 Å². The van der Waals surface area contributed by atoms with E-state index in [1.807, 2.05) is 24.9 Å². The number of furan rings is 2. The Morgan fingerprint density at radius 3 is 2.39 bits per heavy atom. The minimum absolute atomic E-state index is 0. The summed E-state index contributed by atoms with van der Waals surface area (Å²) in [6, 6.07) is 7.76. The lowest BCUT2D eigenvalue weighted by Gasteiger charge is -2.37. The van der Waals surface area contributed by atoms with E-state index >= 15 is 0 Å². The van der Waals surface area contributed by atoms with Crippen molar-refractivity contribution < 1.29 is 13.6 Å². The number of halogens is 1. The minimum atomic E-state index is -0.0510. The molecule has 4 heterocycles. The van der Waals surface area contributed by atoms with Crippen molar-refractivity contribution in [3.63, 3.8) is 0 Å². The summed E-state index contributed by atoms with van der Waals surface area (Å²) in [5, 5.41) is 3.55. The van der Waals surface area contributed by atoms with Crippen LogP contribution < -0.4 is 5.32 Å². The van der Waals surface area contributed by atoms with E-state index in [1.54, 1.807) is 12.1 Å². The van der Waals surface area contributed by atoms with Gasteiger partial charge in [-0.3, -0.25) is 14.7 Å². The van der Waals surface area contributed by atoms with E-state index in [1.165, 1.54) is 19.1 Å². The molecular formula is C22H32IN5O3. The molecule has 1 N–H and O–H groups in total. The van der Waals surface area contributed by atoms with E-state index in [-0.39, 0.29) is 35.9 Å². The van der Waals surface area contributed by atoms with Crippen LogP contribution in [0.2, 0.25) is 0 Å². The molecule has 4 rings (SSSR count). The van der Waals surface area contributed by atoms with Gasteiger partial charge in [0.1, 0.15) is 11.5 Å². The number of amides is 1. The fourth-order valence-electron chi connectivity index (χ4n) is 4.29. The van der Waals surface area contributed by atoms with Crippen molar-refractivity contribution in [1.82, 2.24) is 20.0 Å². The fourth-order valence-corrected chi connectivity index (χ4v) is 4.29. The molecule has 2 fully saturated rings. The van der Waals surface area contributed by atoms with Gasteiger partial charge in [-0.25, -0.2) is 0 Å². The summed E-state index contributed by atoms with van der Waals surface area (Å²) in [6.45, 7) is 7.68. The molecule has 1 unspecified atom stereocenters. The lowest BCUT2D eigenvalue weighted by atomic mass is 10.2. The molecule has 0 saturated carbocycles. The molecule has 8 nitrogen and oxygen atoms in total. The number of carbonyl (C=O) groups excluding carboxylic acids is 1. The standard InChI is InChI=1S/C22H31N5O3.HI/c1-17-7-8-19(30-17)18(25-9-3-4-10-25)16-24-22(23-2)27-13-11-26(12-14-27)21(28)20-6-5-15-29-20;/h5-8,15,18H,3-4,9-14,16H2,1-2H3,(H,23,24);1H. The van der Waals surface area contributed by atoms with Crippen LogP contribution in [0.4, 0.5) is 0 Å². The summed E-state index contributed by atoms with van der Waals surface area (Å²) in [4.78, 5) is 23.5. The first-order chi connectivity index (χ1) is 14.7. The van der Waals surface area contributed by atoms with Crippen molar-refractivity contribution in [2.24, 2.45) is 4.99 Å². The van der Waals surface area contributed by atoms with Crippen molar-refractivity contribution >= 4 is 35.8 Å². The Balaban J connectivity index is 0.00000272. The van der Waals surface area contributed by atoms with Gasteiger partial charge in [0.05, 0.1) is 12.3 Å². The molecular weight excluding hydrogens is 509 g/mol. The van der Waals surface area contributed by atoms with E-state index in [0.29, 0.717) is 18.8 Å². The molecule has 2 saturated heterocycles. The van der Waals surface area contributed by atoms with Crippen LogP contribution in [0.15, 0.2) is 44.4 Å². The molecule has 2 aliphatic heterocycles. The fraction of sp³-hybridized carbons (Fsp3) is 0.545. The Morgan fingerprint density at radius 2 is 1.81 bits per heavy atom. The molecule has 9 heteroatoms. The van der Waals surface area contributed by atoms with Gasteiger partial charge in [0, 0.05) is 39.8 Å². The van der Waals surface area contributed by atoms with Crippen LogP contribution in [-0.4, -0.2) is 79.4 Å². The second kappa shape index (κ2) is 11.0. The van der Waals surface area contributed by atoms with Gasteiger partial charge in [0.15, 0.2) is 11.7 Å². The van der Waals surface area contributed by atoms with Gasteiger partial charge in [0.25, 0.3) is 5.91 Å². The molecule has 2 aromatic heterocycles. The van der Waals surface area contributed by atoms with Gasteiger partial charge in [-0.1, -0.05) is 0 Å². The number of aliphatic imine (C=N–C) groups is 1. The SMILES string of the molecule is CN=C(NCC(c1ccc(C)o1)N1CCCC1)N1CCN(C(=O)c2ccco2)CC1.I. The van der Waals surface area contributed by atoms with Crippen molar-refractivity contribution in [1.29, 1.82) is 0 Å². The number of nitrogens with zero attached hydrogens (tertiary/aromatic N) is 4. The summed E-state index contributed by atoms with van der Waals surface area (Å²) < 4.78 is 11.2. The molecule has 1 atom stereocenters. The van der Waals surface area contributed by atoms with Gasteiger partial charge >= 0.3 is 0 Å². The highest BCUT2D eigenvalue weighted by molar-refractivity contribution is 14.0. The maximum Gasteiger partial charge on any atom is 0.289 e. The minimum Gasteiger partial charge on any atom is -0.465 e. The molecule has 170 valence electrons. The molecule has 31 heavy (non-hydrogen) atoms. The number of hydrogen-bond donors (Lipinski definition) is 1. The number of likely N-dealkylation sites (tertiary alicyclic amines) is 1. The van der Waals surface area contributed by atoms with Crippen LogP contribution in [0.3, 0.4) is 0 Å². The van der Waals surface area contributed by atoms with E-state index in [0.717, 1.165) is 50.2 Å². The highest BCUT2D eigenvalue weighted by Gasteiger charge is 2.28. The van der Waals surface area contributed by atoms with Gasteiger partial charge < -0.3 is 24.0 Å². The molecule has 0 aliphatic carbocycles. The van der Waals surface area contributed by atoms with Gasteiger partial charge in [-0.2, -0.15) is 0 Å². The van der Waals surface area contributed by atoms with Crippen LogP contribution in [0.1, 0.15) is 41.0 Å². The topological polar surface area (TPSA) is 77.5 Å². The van der Waals surface area contributed by atoms with Gasteiger partial charge in [-0.15, -0.1) is 24.0 Å². The predicted octanol–water partition coefficient (Wildman–Crippen LogP) is 2.97. The maximum absolute atomic E-state index is 12.5. The third-order valence-corrected chi connectivity index (χ3v) is 5.93. The summed E-state index contributed by atoms with van der Waals surface area (Å²) in [5.74, 6) is 3.16. The number of nitrogens with one attached hydrogen (secondary N) is 1. The number of guanidine groups is 1. The van der Waals surface area contributed by atoms with Crippen LogP contribution >= 0.6 is 24.0 Å². The number of aryl methyl sites for hydroxylation is 1. The van der Waals surface area contributed by atoms with Crippen molar-refractivity contribution in [3.8, 4) is 0 Å². The Hall–Kier alpha value is -2.01. The first kappa shape index (κ1) is 23.6. The smallest absolute Gasteiger partial charge is 0.289 e. The zero-order valence-electron chi connectivity index (χ0n) is 18.2. The highest BCUT2D eigenvalue weighted by atomic mass is 127. The number of rotatable bonds is 5. The van der Waals surface area contributed by atoms with Crippen LogP contribution in [0, 0.1) is 6.92 Å². The monoisotopic (exact) mass is 541 g/mol. The molecule has 0 bridgehead atoms. The lowest BCUT2D eigenvalue weighted by molar-refractivity contribution is 0.0657. The lowest BCUT2D eigenvalue weighted by Crippen LogP contribution is -2.54. The molecule has 2 aromatic rings. The average molecular weight is 541 g/mol. The second-order valence-electron chi connectivity index (χ2n) is 7.89. The molecule has 0 aromatic carbocycles. The van der Waals surface area contributed by atoms with E-state index in [4.69, 9.17) is 8.83 Å². The second-order valence-corrected chi connectivity index (χ2v) is 7.89.